The molecule has 2 aliphatic rings. The number of fused-ring (bicyclic) bond motifs is 1. The molecule has 0 aliphatic carbocycles. The van der Waals surface area contributed by atoms with E-state index in [1.807, 2.05) is 53.4 Å². The zero-order valence-corrected chi connectivity index (χ0v) is 18.5. The minimum Gasteiger partial charge on any atom is -0.494 e. The van der Waals surface area contributed by atoms with Crippen LogP contribution in [0.4, 0.5) is 5.69 Å². The number of anilines is 1. The number of amides is 2. The summed E-state index contributed by atoms with van der Waals surface area (Å²) in [7, 11) is 0. The van der Waals surface area contributed by atoms with Gasteiger partial charge in [-0.2, -0.15) is 0 Å². The summed E-state index contributed by atoms with van der Waals surface area (Å²) in [4.78, 5) is 34.7. The molecule has 0 spiro atoms. The maximum atomic E-state index is 13.7. The largest absolute Gasteiger partial charge is 0.494 e. The van der Waals surface area contributed by atoms with Crippen molar-refractivity contribution in [2.24, 2.45) is 0 Å². The number of ether oxygens (including phenoxy) is 1. The van der Waals surface area contributed by atoms with Crippen LogP contribution in [0.25, 0.3) is 5.57 Å². The SMILES string of the molecule is CCCOc1ccc(C2=C(N3CCc4ccccc43)C(=O)N(Cc3cccnc3)C2=O)cc1. The lowest BCUT2D eigenvalue weighted by Gasteiger charge is -2.21. The molecule has 166 valence electrons. The third-order valence-corrected chi connectivity index (χ3v) is 5.98. The highest BCUT2D eigenvalue weighted by molar-refractivity contribution is 6.36. The van der Waals surface area contributed by atoms with Crippen LogP contribution in [0.2, 0.25) is 0 Å². The van der Waals surface area contributed by atoms with Crippen LogP contribution in [-0.2, 0) is 22.6 Å². The van der Waals surface area contributed by atoms with Gasteiger partial charge in [0, 0.05) is 24.6 Å². The molecular formula is C27H25N3O3. The second-order valence-electron chi connectivity index (χ2n) is 8.18. The molecule has 0 saturated heterocycles. The van der Waals surface area contributed by atoms with Crippen molar-refractivity contribution in [2.75, 3.05) is 18.1 Å². The van der Waals surface area contributed by atoms with Gasteiger partial charge in [0.1, 0.15) is 11.4 Å². The van der Waals surface area contributed by atoms with Gasteiger partial charge in [-0.1, -0.05) is 43.3 Å². The zero-order valence-electron chi connectivity index (χ0n) is 18.5. The van der Waals surface area contributed by atoms with Crippen LogP contribution >= 0.6 is 0 Å². The first-order valence-corrected chi connectivity index (χ1v) is 11.3. The minimum atomic E-state index is -0.287. The van der Waals surface area contributed by atoms with E-state index in [9.17, 15) is 9.59 Å². The number of nitrogens with zero attached hydrogens (tertiary/aromatic N) is 3. The fourth-order valence-corrected chi connectivity index (χ4v) is 4.40. The van der Waals surface area contributed by atoms with Crippen LogP contribution in [0.1, 0.15) is 30.0 Å². The number of aromatic nitrogens is 1. The first-order chi connectivity index (χ1) is 16.2. The normalized spacial score (nSPS) is 15.4. The Kier molecular flexibility index (Phi) is 5.65. The molecule has 0 bridgehead atoms. The van der Waals surface area contributed by atoms with E-state index >= 15 is 0 Å². The molecule has 0 unspecified atom stereocenters. The van der Waals surface area contributed by atoms with Gasteiger partial charge in [0.05, 0.1) is 18.7 Å². The van der Waals surface area contributed by atoms with Gasteiger partial charge < -0.3 is 9.64 Å². The quantitative estimate of drug-likeness (QED) is 0.516. The molecular weight excluding hydrogens is 414 g/mol. The van der Waals surface area contributed by atoms with Gasteiger partial charge in [-0.05, 0) is 53.8 Å². The molecule has 3 aromatic rings. The molecule has 5 rings (SSSR count). The number of imide groups is 1. The lowest BCUT2D eigenvalue weighted by Crippen LogP contribution is -2.34. The Labute approximate surface area is 193 Å². The van der Waals surface area contributed by atoms with Crippen molar-refractivity contribution < 1.29 is 14.3 Å². The molecule has 0 saturated carbocycles. The van der Waals surface area contributed by atoms with Crippen LogP contribution in [0.5, 0.6) is 5.75 Å². The van der Waals surface area contributed by atoms with E-state index in [4.69, 9.17) is 4.74 Å². The Balaban J connectivity index is 1.56. The summed E-state index contributed by atoms with van der Waals surface area (Å²) < 4.78 is 5.70. The number of pyridine rings is 1. The van der Waals surface area contributed by atoms with Crippen LogP contribution in [0.3, 0.4) is 0 Å². The predicted octanol–water partition coefficient (Wildman–Crippen LogP) is 4.21. The number of carbonyl (C=O) groups is 2. The van der Waals surface area contributed by atoms with Crippen LogP contribution in [-0.4, -0.2) is 34.8 Å². The Hall–Kier alpha value is -3.93. The predicted molar refractivity (Wildman–Crippen MR) is 126 cm³/mol. The van der Waals surface area contributed by atoms with Gasteiger partial charge in [-0.25, -0.2) is 0 Å². The maximum absolute atomic E-state index is 13.7. The van der Waals surface area contributed by atoms with Gasteiger partial charge in [-0.3, -0.25) is 19.5 Å². The average molecular weight is 440 g/mol. The molecule has 33 heavy (non-hydrogen) atoms. The Bertz CT molecular complexity index is 1220. The summed E-state index contributed by atoms with van der Waals surface area (Å²) in [6, 6.07) is 19.2. The topological polar surface area (TPSA) is 62.7 Å². The van der Waals surface area contributed by atoms with E-state index in [1.165, 1.54) is 10.5 Å². The zero-order chi connectivity index (χ0) is 22.8. The van der Waals surface area contributed by atoms with Gasteiger partial charge in [-0.15, -0.1) is 0 Å². The van der Waals surface area contributed by atoms with Crippen molar-refractivity contribution in [3.63, 3.8) is 0 Å². The molecule has 0 fully saturated rings. The molecule has 0 atom stereocenters. The first kappa shape index (κ1) is 20.9. The molecule has 3 heterocycles. The summed E-state index contributed by atoms with van der Waals surface area (Å²) in [5.74, 6) is 0.186. The number of hydrogen-bond acceptors (Lipinski definition) is 5. The van der Waals surface area contributed by atoms with Gasteiger partial charge in [0.25, 0.3) is 11.8 Å². The fourth-order valence-electron chi connectivity index (χ4n) is 4.40. The lowest BCUT2D eigenvalue weighted by molar-refractivity contribution is -0.137. The van der Waals surface area contributed by atoms with Crippen molar-refractivity contribution in [2.45, 2.75) is 26.3 Å². The minimum absolute atomic E-state index is 0.186. The van der Waals surface area contributed by atoms with Crippen LogP contribution < -0.4 is 9.64 Å². The summed E-state index contributed by atoms with van der Waals surface area (Å²) in [6.45, 7) is 3.54. The van der Waals surface area contributed by atoms with Gasteiger partial charge in [0.15, 0.2) is 0 Å². The van der Waals surface area contributed by atoms with Crippen molar-refractivity contribution in [3.05, 3.63) is 95.4 Å². The number of para-hydroxylation sites is 1. The van der Waals surface area contributed by atoms with Crippen LogP contribution in [0, 0.1) is 0 Å². The van der Waals surface area contributed by atoms with Gasteiger partial charge in [0.2, 0.25) is 0 Å². The number of carbonyl (C=O) groups excluding carboxylic acids is 2. The average Bonchev–Trinajstić information content (AvgIpc) is 3.38. The van der Waals surface area contributed by atoms with Crippen molar-refractivity contribution in [3.8, 4) is 5.75 Å². The van der Waals surface area contributed by atoms with Gasteiger partial charge >= 0.3 is 0 Å². The highest BCUT2D eigenvalue weighted by Crippen LogP contribution is 2.39. The lowest BCUT2D eigenvalue weighted by atomic mass is 10.0. The van der Waals surface area contributed by atoms with E-state index in [1.54, 1.807) is 18.5 Å². The summed E-state index contributed by atoms with van der Waals surface area (Å²) >= 11 is 0. The van der Waals surface area contributed by atoms with Crippen molar-refractivity contribution in [1.29, 1.82) is 0 Å². The Morgan fingerprint density at radius 1 is 0.970 bits per heavy atom. The molecule has 2 aromatic carbocycles. The smallest absolute Gasteiger partial charge is 0.278 e. The molecule has 0 N–H and O–H groups in total. The number of rotatable bonds is 7. The molecule has 6 nitrogen and oxygen atoms in total. The molecule has 1 aromatic heterocycles. The second-order valence-corrected chi connectivity index (χ2v) is 8.18. The number of benzene rings is 2. The first-order valence-electron chi connectivity index (χ1n) is 11.3. The molecule has 2 aliphatic heterocycles. The van der Waals surface area contributed by atoms with Crippen molar-refractivity contribution >= 4 is 23.1 Å². The third kappa shape index (κ3) is 3.89. The maximum Gasteiger partial charge on any atom is 0.278 e. The highest BCUT2D eigenvalue weighted by Gasteiger charge is 2.43. The molecule has 6 heteroatoms. The van der Waals surface area contributed by atoms with E-state index in [0.717, 1.165) is 29.8 Å². The Morgan fingerprint density at radius 2 is 1.79 bits per heavy atom. The monoisotopic (exact) mass is 439 g/mol. The van der Waals surface area contributed by atoms with E-state index < -0.39 is 0 Å². The van der Waals surface area contributed by atoms with Crippen molar-refractivity contribution in [1.82, 2.24) is 9.88 Å². The fraction of sp³-hybridized carbons (Fsp3) is 0.222. The van der Waals surface area contributed by atoms with E-state index in [0.29, 0.717) is 30.0 Å². The van der Waals surface area contributed by atoms with E-state index in [2.05, 4.69) is 18.0 Å². The number of hydrogen-bond donors (Lipinski definition) is 0. The second kappa shape index (κ2) is 8.90. The summed E-state index contributed by atoms with van der Waals surface area (Å²) in [5.41, 5.74) is 4.56. The molecule has 2 amide bonds. The summed E-state index contributed by atoms with van der Waals surface area (Å²) in [5, 5.41) is 0. The Morgan fingerprint density at radius 3 is 2.55 bits per heavy atom. The van der Waals surface area contributed by atoms with E-state index in [-0.39, 0.29) is 18.4 Å². The molecule has 0 radical (unpaired) electrons. The van der Waals surface area contributed by atoms with Crippen LogP contribution in [0.15, 0.2) is 78.8 Å². The standard InChI is InChI=1S/C27H25N3O3/c1-2-16-33-22-11-9-21(10-12-22)24-25(29-15-13-20-7-3-4-8-23(20)29)27(32)30(26(24)31)18-19-6-5-14-28-17-19/h3-12,14,17H,2,13,15-16,18H2,1H3. The third-order valence-electron chi connectivity index (χ3n) is 5.98. The highest BCUT2D eigenvalue weighted by atomic mass is 16.5. The summed E-state index contributed by atoms with van der Waals surface area (Å²) in [6.07, 6.45) is 5.11.